The van der Waals surface area contributed by atoms with Gasteiger partial charge in [0.15, 0.2) is 0 Å². The molecule has 1 aromatic heterocycles. The average molecular weight is 295 g/mol. The third-order valence-electron chi connectivity index (χ3n) is 3.47. The van der Waals surface area contributed by atoms with Gasteiger partial charge >= 0.3 is 0 Å². The number of rotatable bonds is 3. The molecule has 1 amide bonds. The van der Waals surface area contributed by atoms with Crippen LogP contribution in [0.5, 0.6) is 0 Å². The Bertz CT molecular complexity index is 584. The third-order valence-corrected chi connectivity index (χ3v) is 3.47. The molecule has 0 aliphatic carbocycles. The number of hydrogen-bond acceptors (Lipinski definition) is 4. The molecule has 5 nitrogen and oxygen atoms in total. The number of nitrogens with zero attached hydrogens (tertiary/aromatic N) is 3. The quantitative estimate of drug-likeness (QED) is 0.859. The van der Waals surface area contributed by atoms with Gasteiger partial charge in [0.2, 0.25) is 0 Å². The highest BCUT2D eigenvalue weighted by Gasteiger charge is 2.45. The van der Waals surface area contributed by atoms with Gasteiger partial charge in [0, 0.05) is 18.8 Å². The maximum atomic E-state index is 13.0. The number of alkyl halides is 2. The largest absolute Gasteiger partial charge is 0.272 e. The fourth-order valence-corrected chi connectivity index (χ4v) is 2.05. The Kier molecular flexibility index (Phi) is 4.19. The van der Waals surface area contributed by atoms with Gasteiger partial charge in [-0.1, -0.05) is 0 Å². The number of carbonyl (C=O) groups excluding carboxylic acids is 1. The summed E-state index contributed by atoms with van der Waals surface area (Å²) in [7, 11) is 0. The fraction of sp³-hybridized carbons (Fsp3) is 0.500. The van der Waals surface area contributed by atoms with Crippen molar-refractivity contribution in [2.45, 2.75) is 32.7 Å². The smallest absolute Gasteiger partial charge is 0.258 e. The lowest BCUT2D eigenvalue weighted by Crippen LogP contribution is -2.43. The molecule has 0 aromatic carbocycles. The van der Waals surface area contributed by atoms with Crippen LogP contribution in [0.3, 0.4) is 0 Å². The lowest BCUT2D eigenvalue weighted by Gasteiger charge is -2.30. The molecule has 0 spiro atoms. The number of hydroxylamine groups is 2. The molecule has 1 saturated heterocycles. The minimum Gasteiger partial charge on any atom is -0.272 e. The number of hydrogen-bond donors (Lipinski definition) is 0. The van der Waals surface area contributed by atoms with Crippen molar-refractivity contribution in [3.8, 4) is 6.07 Å². The molecule has 0 saturated carbocycles. The van der Waals surface area contributed by atoms with Crippen LogP contribution >= 0.6 is 0 Å². The van der Waals surface area contributed by atoms with Gasteiger partial charge in [-0.15, -0.1) is 0 Å². The van der Waals surface area contributed by atoms with E-state index in [2.05, 4.69) is 4.98 Å². The first-order valence-electron chi connectivity index (χ1n) is 6.47. The molecule has 2 heterocycles. The standard InChI is InChI=1S/C14H15F2N3O2/c1-14(2,12(15)16)13(20)19-11(3-4-21-19)10-5-9(6-17)7-18-8-10/h5,7-8,11-12H,3-4H2,1-2H3. The molecule has 1 unspecified atom stereocenters. The molecule has 1 aliphatic rings. The van der Waals surface area contributed by atoms with Crippen molar-refractivity contribution in [1.82, 2.24) is 10.0 Å². The minimum absolute atomic E-state index is 0.256. The Morgan fingerprint density at radius 2 is 2.29 bits per heavy atom. The van der Waals surface area contributed by atoms with E-state index in [4.69, 9.17) is 10.1 Å². The van der Waals surface area contributed by atoms with E-state index in [1.165, 1.54) is 26.2 Å². The van der Waals surface area contributed by atoms with Gasteiger partial charge in [-0.2, -0.15) is 5.26 Å². The van der Waals surface area contributed by atoms with Crippen molar-refractivity contribution < 1.29 is 18.4 Å². The van der Waals surface area contributed by atoms with Crippen LogP contribution in [0, 0.1) is 16.7 Å². The van der Waals surface area contributed by atoms with E-state index in [-0.39, 0.29) is 6.61 Å². The molecule has 112 valence electrons. The summed E-state index contributed by atoms with van der Waals surface area (Å²) in [5.74, 6) is -0.776. The van der Waals surface area contributed by atoms with E-state index in [1.807, 2.05) is 6.07 Å². The third kappa shape index (κ3) is 2.85. The topological polar surface area (TPSA) is 66.2 Å². The number of halogens is 2. The summed E-state index contributed by atoms with van der Waals surface area (Å²) in [6.07, 6.45) is 0.588. The highest BCUT2D eigenvalue weighted by atomic mass is 19.3. The summed E-state index contributed by atoms with van der Waals surface area (Å²) in [6, 6.07) is 3.04. The normalized spacial score (nSPS) is 18.9. The molecule has 1 atom stereocenters. The summed E-state index contributed by atoms with van der Waals surface area (Å²) in [4.78, 5) is 21.4. The zero-order valence-electron chi connectivity index (χ0n) is 11.7. The number of carbonyl (C=O) groups is 1. The SMILES string of the molecule is CC(C)(C(=O)N1OCCC1c1cncc(C#N)c1)C(F)F. The van der Waals surface area contributed by atoms with Gasteiger partial charge in [-0.25, -0.2) is 13.8 Å². The first-order chi connectivity index (χ1) is 9.87. The lowest BCUT2D eigenvalue weighted by molar-refractivity contribution is -0.194. The fourth-order valence-electron chi connectivity index (χ4n) is 2.05. The van der Waals surface area contributed by atoms with Gasteiger partial charge in [0.25, 0.3) is 12.3 Å². The molecule has 2 rings (SSSR count). The van der Waals surface area contributed by atoms with Crippen molar-refractivity contribution in [1.29, 1.82) is 5.26 Å². The predicted octanol–water partition coefficient (Wildman–Crippen LogP) is 2.45. The first kappa shape index (κ1) is 15.3. The van der Waals surface area contributed by atoms with E-state index in [0.717, 1.165) is 5.06 Å². The van der Waals surface area contributed by atoms with Crippen molar-refractivity contribution in [3.05, 3.63) is 29.6 Å². The molecule has 1 aromatic rings. The second-order valence-electron chi connectivity index (χ2n) is 5.41. The van der Waals surface area contributed by atoms with E-state index in [9.17, 15) is 13.6 Å². The van der Waals surface area contributed by atoms with Gasteiger partial charge < -0.3 is 0 Å². The van der Waals surface area contributed by atoms with Crippen LogP contribution in [-0.4, -0.2) is 29.0 Å². The van der Waals surface area contributed by atoms with Crippen molar-refractivity contribution in [2.24, 2.45) is 5.41 Å². The monoisotopic (exact) mass is 295 g/mol. The highest BCUT2D eigenvalue weighted by Crippen LogP contribution is 2.36. The zero-order chi connectivity index (χ0) is 15.6. The first-order valence-corrected chi connectivity index (χ1v) is 6.47. The molecule has 0 radical (unpaired) electrons. The molecule has 21 heavy (non-hydrogen) atoms. The molecule has 1 aliphatic heterocycles. The van der Waals surface area contributed by atoms with E-state index < -0.39 is 23.8 Å². The lowest BCUT2D eigenvalue weighted by atomic mass is 9.91. The Morgan fingerprint density at radius 1 is 1.57 bits per heavy atom. The molecule has 0 bridgehead atoms. The van der Waals surface area contributed by atoms with Gasteiger partial charge in [-0.05, 0) is 25.5 Å². The Balaban J connectivity index is 2.29. The van der Waals surface area contributed by atoms with Crippen LogP contribution in [0.25, 0.3) is 0 Å². The Labute approximate surface area is 121 Å². The maximum absolute atomic E-state index is 13.0. The highest BCUT2D eigenvalue weighted by molar-refractivity contribution is 5.82. The number of pyridine rings is 1. The summed E-state index contributed by atoms with van der Waals surface area (Å²) in [5.41, 5.74) is -0.882. The van der Waals surface area contributed by atoms with Crippen LogP contribution in [0.2, 0.25) is 0 Å². The van der Waals surface area contributed by atoms with Crippen molar-refractivity contribution >= 4 is 5.91 Å². The molecule has 0 N–H and O–H groups in total. The van der Waals surface area contributed by atoms with Crippen molar-refractivity contribution in [3.63, 3.8) is 0 Å². The van der Waals surface area contributed by atoms with Crippen LogP contribution in [0.1, 0.15) is 37.4 Å². The molecular weight excluding hydrogens is 280 g/mol. The maximum Gasteiger partial charge on any atom is 0.258 e. The summed E-state index contributed by atoms with van der Waals surface area (Å²) in [5, 5.41) is 9.87. The molecule has 7 heteroatoms. The zero-order valence-corrected chi connectivity index (χ0v) is 11.7. The summed E-state index contributed by atoms with van der Waals surface area (Å²) >= 11 is 0. The molecular formula is C14H15F2N3O2. The minimum atomic E-state index is -2.79. The van der Waals surface area contributed by atoms with E-state index in [0.29, 0.717) is 17.5 Å². The Hall–Kier alpha value is -2.07. The average Bonchev–Trinajstić information content (AvgIpc) is 2.95. The van der Waals surface area contributed by atoms with Gasteiger partial charge in [-0.3, -0.25) is 14.6 Å². The van der Waals surface area contributed by atoms with Crippen LogP contribution in [0.4, 0.5) is 8.78 Å². The number of amides is 1. The predicted molar refractivity (Wildman–Crippen MR) is 68.9 cm³/mol. The Morgan fingerprint density at radius 3 is 2.90 bits per heavy atom. The number of nitriles is 1. The summed E-state index contributed by atoms with van der Waals surface area (Å²) in [6.45, 7) is 2.62. The van der Waals surface area contributed by atoms with Crippen LogP contribution in [0.15, 0.2) is 18.5 Å². The van der Waals surface area contributed by atoms with Crippen LogP contribution < -0.4 is 0 Å². The summed E-state index contributed by atoms with van der Waals surface area (Å²) < 4.78 is 26.0. The second kappa shape index (κ2) is 5.74. The molecule has 1 fully saturated rings. The van der Waals surface area contributed by atoms with Gasteiger partial charge in [0.1, 0.15) is 11.5 Å². The van der Waals surface area contributed by atoms with Crippen molar-refractivity contribution in [2.75, 3.05) is 6.61 Å². The second-order valence-corrected chi connectivity index (χ2v) is 5.41. The van der Waals surface area contributed by atoms with E-state index >= 15 is 0 Å². The van der Waals surface area contributed by atoms with Crippen LogP contribution in [-0.2, 0) is 9.63 Å². The number of aromatic nitrogens is 1. The van der Waals surface area contributed by atoms with E-state index in [1.54, 1.807) is 6.07 Å². The van der Waals surface area contributed by atoms with Gasteiger partial charge in [0.05, 0.1) is 18.2 Å².